The predicted octanol–water partition coefficient (Wildman–Crippen LogP) is 4.94. The summed E-state index contributed by atoms with van der Waals surface area (Å²) >= 11 is 0.977. The molecule has 0 aliphatic carbocycles. The molecular formula is C19H19F2N3O2S. The number of nitrogens with one attached hydrogen (secondary N) is 1. The molecule has 1 unspecified atom stereocenters. The second-order valence-corrected chi connectivity index (χ2v) is 7.64. The number of nitrogens with zero attached hydrogens (tertiary/aromatic N) is 2. The first-order valence-electron chi connectivity index (χ1n) is 8.38. The minimum Gasteiger partial charge on any atom is -0.355 e. The minimum atomic E-state index is -2.76. The van der Waals surface area contributed by atoms with E-state index in [1.54, 1.807) is 45.0 Å². The van der Waals surface area contributed by atoms with Crippen molar-refractivity contribution in [3.63, 3.8) is 0 Å². The van der Waals surface area contributed by atoms with Crippen molar-refractivity contribution in [1.82, 2.24) is 14.5 Å². The highest BCUT2D eigenvalue weighted by Gasteiger charge is 2.27. The highest BCUT2D eigenvalue weighted by atomic mass is 32.2. The van der Waals surface area contributed by atoms with Gasteiger partial charge in [0, 0.05) is 11.3 Å². The normalized spacial score (nSPS) is 12.7. The van der Waals surface area contributed by atoms with Crippen LogP contribution in [0.4, 0.5) is 8.78 Å². The van der Waals surface area contributed by atoms with Crippen molar-refractivity contribution in [3.05, 3.63) is 46.8 Å². The molecule has 0 saturated heterocycles. The van der Waals surface area contributed by atoms with Gasteiger partial charge in [-0.2, -0.15) is 8.78 Å². The van der Waals surface area contributed by atoms with E-state index >= 15 is 0 Å². The van der Waals surface area contributed by atoms with Gasteiger partial charge < -0.3 is 4.98 Å². The molecule has 3 aromatic rings. The maximum atomic E-state index is 13.6. The number of imidazole rings is 1. The SMILES string of the molecule is CC(=O)c1c(C)[nH]c(C(=O)C(C)Sc2nc3ccccc3n2C(F)F)c1C. The minimum absolute atomic E-state index is 0.0831. The third-order valence-electron chi connectivity index (χ3n) is 4.45. The fourth-order valence-electron chi connectivity index (χ4n) is 3.23. The Morgan fingerprint density at radius 1 is 1.22 bits per heavy atom. The number of alkyl halides is 2. The van der Waals surface area contributed by atoms with Crippen molar-refractivity contribution >= 4 is 34.4 Å². The Balaban J connectivity index is 1.94. The summed E-state index contributed by atoms with van der Waals surface area (Å²) in [5.74, 6) is -0.388. The number of halogens is 2. The van der Waals surface area contributed by atoms with Gasteiger partial charge in [0.15, 0.2) is 16.7 Å². The van der Waals surface area contributed by atoms with Gasteiger partial charge in [0.25, 0.3) is 0 Å². The molecule has 3 rings (SSSR count). The monoisotopic (exact) mass is 391 g/mol. The second-order valence-electron chi connectivity index (χ2n) is 6.34. The zero-order valence-electron chi connectivity index (χ0n) is 15.3. The number of ketones is 2. The Bertz CT molecular complexity index is 1040. The first-order valence-corrected chi connectivity index (χ1v) is 9.26. The smallest absolute Gasteiger partial charge is 0.321 e. The number of hydrogen-bond acceptors (Lipinski definition) is 4. The number of H-pyrrole nitrogens is 1. The molecule has 1 atom stereocenters. The Morgan fingerprint density at radius 3 is 2.48 bits per heavy atom. The maximum absolute atomic E-state index is 13.6. The van der Waals surface area contributed by atoms with Crippen LogP contribution in [0.15, 0.2) is 29.4 Å². The lowest BCUT2D eigenvalue weighted by Crippen LogP contribution is -2.16. The molecule has 142 valence electrons. The molecule has 8 heteroatoms. The lowest BCUT2D eigenvalue weighted by Gasteiger charge is -2.12. The fourth-order valence-corrected chi connectivity index (χ4v) is 4.22. The molecule has 1 aromatic carbocycles. The lowest BCUT2D eigenvalue weighted by molar-refractivity contribution is 0.0655. The Hall–Kier alpha value is -2.48. The van der Waals surface area contributed by atoms with Crippen molar-refractivity contribution < 1.29 is 18.4 Å². The number of fused-ring (bicyclic) bond motifs is 1. The first kappa shape index (κ1) is 19.3. The van der Waals surface area contributed by atoms with Gasteiger partial charge in [-0.05, 0) is 45.4 Å². The zero-order chi connectivity index (χ0) is 19.9. The summed E-state index contributed by atoms with van der Waals surface area (Å²) in [5.41, 5.74) is 2.80. The van der Waals surface area contributed by atoms with Crippen molar-refractivity contribution in [1.29, 1.82) is 0 Å². The van der Waals surface area contributed by atoms with Gasteiger partial charge in [0.1, 0.15) is 0 Å². The molecule has 2 heterocycles. The summed E-state index contributed by atoms with van der Waals surface area (Å²) in [5, 5.41) is -0.573. The van der Waals surface area contributed by atoms with Gasteiger partial charge in [-0.15, -0.1) is 0 Å². The van der Waals surface area contributed by atoms with E-state index in [0.29, 0.717) is 33.5 Å². The highest BCUT2D eigenvalue weighted by Crippen LogP contribution is 2.33. The van der Waals surface area contributed by atoms with E-state index in [1.807, 2.05) is 0 Å². The topological polar surface area (TPSA) is 67.8 Å². The Labute approximate surface area is 159 Å². The van der Waals surface area contributed by atoms with Crippen LogP contribution in [0.2, 0.25) is 0 Å². The number of thioether (sulfide) groups is 1. The number of hydrogen-bond donors (Lipinski definition) is 1. The van der Waals surface area contributed by atoms with Gasteiger partial charge in [0.05, 0.1) is 22.0 Å². The number of carbonyl (C=O) groups excluding carboxylic acids is 2. The highest BCUT2D eigenvalue weighted by molar-refractivity contribution is 8.00. The standard InChI is InChI=1S/C19H19F2N3O2S/c1-9-15(11(3)25)10(2)22-16(9)17(26)12(4)27-19-23-13-7-5-6-8-14(13)24(19)18(20)21/h5-8,12,18,22H,1-4H3. The van der Waals surface area contributed by atoms with Crippen molar-refractivity contribution in [2.75, 3.05) is 0 Å². The van der Waals surface area contributed by atoms with Crippen LogP contribution in [0.1, 0.15) is 52.5 Å². The van der Waals surface area contributed by atoms with Crippen molar-refractivity contribution in [3.8, 4) is 0 Å². The third kappa shape index (κ3) is 3.41. The van der Waals surface area contributed by atoms with Crippen LogP contribution in [0.25, 0.3) is 11.0 Å². The van der Waals surface area contributed by atoms with E-state index < -0.39 is 11.8 Å². The van der Waals surface area contributed by atoms with Gasteiger partial charge in [-0.3, -0.25) is 14.2 Å². The number of aromatic amines is 1. The first-order chi connectivity index (χ1) is 12.7. The molecule has 2 aromatic heterocycles. The zero-order valence-corrected chi connectivity index (χ0v) is 16.2. The number of Topliss-reactive ketones (excluding diaryl/α,β-unsaturated/α-hetero) is 2. The summed E-state index contributed by atoms with van der Waals surface area (Å²) < 4.78 is 27.9. The molecule has 0 aliphatic rings. The fraction of sp³-hybridized carbons (Fsp3) is 0.316. The van der Waals surface area contributed by atoms with E-state index in [0.717, 1.165) is 16.3 Å². The largest absolute Gasteiger partial charge is 0.355 e. The molecule has 1 N–H and O–H groups in total. The summed E-state index contributed by atoms with van der Waals surface area (Å²) in [6.07, 6.45) is 0. The second kappa shape index (κ2) is 7.26. The van der Waals surface area contributed by atoms with E-state index in [-0.39, 0.29) is 16.7 Å². The number of para-hydroxylation sites is 2. The van der Waals surface area contributed by atoms with Gasteiger partial charge in [-0.25, -0.2) is 4.98 Å². The van der Waals surface area contributed by atoms with E-state index in [9.17, 15) is 18.4 Å². The lowest BCUT2D eigenvalue weighted by atomic mass is 10.0. The van der Waals surface area contributed by atoms with Crippen molar-refractivity contribution in [2.45, 2.75) is 44.7 Å². The molecule has 5 nitrogen and oxygen atoms in total. The average molecular weight is 391 g/mol. The molecular weight excluding hydrogens is 372 g/mol. The van der Waals surface area contributed by atoms with Gasteiger partial charge in [0.2, 0.25) is 0 Å². The molecule has 0 bridgehead atoms. The van der Waals surface area contributed by atoms with Crippen LogP contribution in [-0.2, 0) is 0 Å². The summed E-state index contributed by atoms with van der Waals surface area (Å²) in [6, 6.07) is 6.62. The Morgan fingerprint density at radius 2 is 1.89 bits per heavy atom. The summed E-state index contributed by atoms with van der Waals surface area (Å²) in [7, 11) is 0. The van der Waals surface area contributed by atoms with Crippen molar-refractivity contribution in [2.24, 2.45) is 0 Å². The van der Waals surface area contributed by atoms with Crippen LogP contribution in [0.3, 0.4) is 0 Å². The molecule has 0 saturated carbocycles. The molecule has 27 heavy (non-hydrogen) atoms. The molecule has 0 aliphatic heterocycles. The molecule has 0 amide bonds. The van der Waals surface area contributed by atoms with E-state index in [4.69, 9.17) is 0 Å². The summed E-state index contributed by atoms with van der Waals surface area (Å²) in [6.45, 7) is 3.76. The number of aryl methyl sites for hydroxylation is 1. The van der Waals surface area contributed by atoms with Crippen LogP contribution >= 0.6 is 11.8 Å². The Kier molecular flexibility index (Phi) is 5.19. The number of aromatic nitrogens is 3. The number of benzene rings is 1. The average Bonchev–Trinajstić information content (AvgIpc) is 3.10. The van der Waals surface area contributed by atoms with Gasteiger partial charge in [-0.1, -0.05) is 23.9 Å². The van der Waals surface area contributed by atoms with Crippen LogP contribution in [0, 0.1) is 13.8 Å². The van der Waals surface area contributed by atoms with E-state index in [2.05, 4.69) is 9.97 Å². The van der Waals surface area contributed by atoms with E-state index in [1.165, 1.54) is 6.92 Å². The number of carbonyl (C=O) groups is 2. The van der Waals surface area contributed by atoms with Gasteiger partial charge >= 0.3 is 6.55 Å². The van der Waals surface area contributed by atoms with Crippen LogP contribution in [-0.4, -0.2) is 31.4 Å². The van der Waals surface area contributed by atoms with Crippen LogP contribution < -0.4 is 0 Å². The summed E-state index contributed by atoms with van der Waals surface area (Å²) in [4.78, 5) is 31.9. The van der Waals surface area contributed by atoms with Crippen LogP contribution in [0.5, 0.6) is 0 Å². The quantitative estimate of drug-likeness (QED) is 0.477. The maximum Gasteiger partial charge on any atom is 0.321 e. The third-order valence-corrected chi connectivity index (χ3v) is 5.51. The predicted molar refractivity (Wildman–Crippen MR) is 101 cm³/mol. The molecule has 0 spiro atoms. The molecule has 0 fully saturated rings. The molecule has 0 radical (unpaired) electrons. The number of rotatable bonds is 6.